The van der Waals surface area contributed by atoms with E-state index < -0.39 is 5.25 Å². The summed E-state index contributed by atoms with van der Waals surface area (Å²) in [6.45, 7) is 0. The minimum Gasteiger partial charge on any atom is -0.326 e. The van der Waals surface area contributed by atoms with Crippen LogP contribution in [0.3, 0.4) is 0 Å². The molecule has 5 nitrogen and oxygen atoms in total. The maximum absolute atomic E-state index is 12.3. The molecule has 1 saturated heterocycles. The van der Waals surface area contributed by atoms with Gasteiger partial charge in [0, 0.05) is 21.9 Å². The Morgan fingerprint density at radius 2 is 1.85 bits per heavy atom. The van der Waals surface area contributed by atoms with E-state index in [0.717, 1.165) is 21.2 Å². The minimum absolute atomic E-state index is 0.101. The number of rotatable bonds is 6. The lowest BCUT2D eigenvalue weighted by Gasteiger charge is -2.08. The van der Waals surface area contributed by atoms with Crippen LogP contribution in [0.5, 0.6) is 0 Å². The van der Waals surface area contributed by atoms with Gasteiger partial charge in [-0.1, -0.05) is 23.9 Å². The summed E-state index contributed by atoms with van der Waals surface area (Å²) in [5.74, 6) is -0.376. The molecule has 0 saturated carbocycles. The minimum atomic E-state index is -0.476. The third-order valence-corrected chi connectivity index (χ3v) is 6.32. The van der Waals surface area contributed by atoms with Crippen molar-refractivity contribution in [2.75, 3.05) is 17.8 Å². The van der Waals surface area contributed by atoms with Gasteiger partial charge in [-0.05, 0) is 48.9 Å². The molecule has 1 fully saturated rings. The molecule has 3 rings (SSSR count). The largest absolute Gasteiger partial charge is 0.326 e. The van der Waals surface area contributed by atoms with Crippen LogP contribution in [0.15, 0.2) is 63.3 Å². The molecule has 140 valence electrons. The summed E-state index contributed by atoms with van der Waals surface area (Å²) in [7, 11) is 0. The van der Waals surface area contributed by atoms with Crippen molar-refractivity contribution in [3.63, 3.8) is 0 Å². The first-order chi connectivity index (χ1) is 13.1. The fourth-order valence-electron chi connectivity index (χ4n) is 2.47. The lowest BCUT2D eigenvalue weighted by molar-refractivity contribution is -0.122. The molecule has 0 spiro atoms. The van der Waals surface area contributed by atoms with Gasteiger partial charge < -0.3 is 10.6 Å². The van der Waals surface area contributed by atoms with Gasteiger partial charge in [0.15, 0.2) is 5.17 Å². The number of nitrogens with zero attached hydrogens (tertiary/aromatic N) is 1. The molecule has 0 aliphatic carbocycles. The predicted octanol–water partition coefficient (Wildman–Crippen LogP) is 4.38. The van der Waals surface area contributed by atoms with Crippen molar-refractivity contribution in [3.8, 4) is 0 Å². The van der Waals surface area contributed by atoms with Crippen molar-refractivity contribution in [1.82, 2.24) is 5.32 Å². The standard InChI is InChI=1S/C19H19N3O2S3/c1-25-14-7-3-5-12(9-14)20-17(23)11-16-18(24)22-19(27-16)21-13-6-4-8-15(10-13)26-2/h3-10,16H,11H2,1-2H3,(H,20,23)(H,21,22,24)/t16-/m0/s1. The fourth-order valence-corrected chi connectivity index (χ4v) is 4.37. The molecule has 27 heavy (non-hydrogen) atoms. The molecule has 2 N–H and O–H groups in total. The smallest absolute Gasteiger partial charge is 0.240 e. The average Bonchev–Trinajstić information content (AvgIpc) is 3.00. The Bertz CT molecular complexity index is 886. The topological polar surface area (TPSA) is 70.6 Å². The fraction of sp³-hybridized carbons (Fsp3) is 0.211. The summed E-state index contributed by atoms with van der Waals surface area (Å²) in [6, 6.07) is 15.4. The monoisotopic (exact) mass is 417 g/mol. The van der Waals surface area contributed by atoms with Gasteiger partial charge in [0.2, 0.25) is 11.8 Å². The molecule has 1 heterocycles. The molecule has 1 atom stereocenters. The van der Waals surface area contributed by atoms with Crippen LogP contribution >= 0.6 is 35.3 Å². The number of hydrogen-bond acceptors (Lipinski definition) is 6. The molecule has 0 unspecified atom stereocenters. The van der Waals surface area contributed by atoms with Crippen molar-refractivity contribution in [2.45, 2.75) is 21.5 Å². The van der Waals surface area contributed by atoms with Gasteiger partial charge in [0.25, 0.3) is 0 Å². The van der Waals surface area contributed by atoms with Crippen LogP contribution in [0.1, 0.15) is 6.42 Å². The molecular formula is C19H19N3O2S3. The van der Waals surface area contributed by atoms with E-state index in [1.807, 2.05) is 61.0 Å². The second-order valence-corrected chi connectivity index (χ2v) is 8.65. The summed E-state index contributed by atoms with van der Waals surface area (Å²) < 4.78 is 0. The highest BCUT2D eigenvalue weighted by molar-refractivity contribution is 8.15. The number of nitrogens with one attached hydrogen (secondary N) is 2. The van der Waals surface area contributed by atoms with E-state index in [9.17, 15) is 9.59 Å². The van der Waals surface area contributed by atoms with Gasteiger partial charge >= 0.3 is 0 Å². The van der Waals surface area contributed by atoms with E-state index in [0.29, 0.717) is 5.17 Å². The van der Waals surface area contributed by atoms with Crippen molar-refractivity contribution < 1.29 is 9.59 Å². The Balaban J connectivity index is 1.61. The molecule has 0 radical (unpaired) electrons. The Morgan fingerprint density at radius 1 is 1.15 bits per heavy atom. The summed E-state index contributed by atoms with van der Waals surface area (Å²) in [5, 5.41) is 5.67. The predicted molar refractivity (Wildman–Crippen MR) is 116 cm³/mol. The van der Waals surface area contributed by atoms with E-state index in [2.05, 4.69) is 15.6 Å². The van der Waals surface area contributed by atoms with Crippen LogP contribution in [0.25, 0.3) is 0 Å². The number of hydrogen-bond donors (Lipinski definition) is 2. The normalized spacial score (nSPS) is 17.8. The highest BCUT2D eigenvalue weighted by atomic mass is 32.2. The number of anilines is 1. The number of aliphatic imine (C=N–C) groups is 1. The van der Waals surface area contributed by atoms with E-state index >= 15 is 0 Å². The van der Waals surface area contributed by atoms with E-state index in [4.69, 9.17) is 0 Å². The molecule has 1 aliphatic heterocycles. The third kappa shape index (κ3) is 5.54. The Hall–Kier alpha value is -1.90. The zero-order valence-electron chi connectivity index (χ0n) is 14.9. The lowest BCUT2D eigenvalue weighted by Crippen LogP contribution is -2.28. The molecule has 1 aliphatic rings. The number of carbonyl (C=O) groups is 2. The average molecular weight is 418 g/mol. The van der Waals surface area contributed by atoms with Crippen molar-refractivity contribution in [1.29, 1.82) is 0 Å². The molecule has 8 heteroatoms. The van der Waals surface area contributed by atoms with Gasteiger partial charge in [-0.3, -0.25) is 9.59 Å². The van der Waals surface area contributed by atoms with E-state index in [1.165, 1.54) is 11.8 Å². The van der Waals surface area contributed by atoms with Crippen LogP contribution in [0.4, 0.5) is 11.4 Å². The second-order valence-electron chi connectivity index (χ2n) is 5.70. The van der Waals surface area contributed by atoms with E-state index in [-0.39, 0.29) is 18.2 Å². The number of amidine groups is 1. The number of amides is 2. The molecule has 0 aromatic heterocycles. The second kappa shape index (κ2) is 9.34. The number of carbonyl (C=O) groups excluding carboxylic acids is 2. The van der Waals surface area contributed by atoms with Gasteiger partial charge in [-0.25, -0.2) is 4.99 Å². The maximum Gasteiger partial charge on any atom is 0.240 e. The lowest BCUT2D eigenvalue weighted by atomic mass is 10.2. The van der Waals surface area contributed by atoms with Crippen molar-refractivity contribution >= 4 is 63.6 Å². The first kappa shape index (κ1) is 19.9. The molecule has 2 amide bonds. The zero-order chi connectivity index (χ0) is 19.2. The van der Waals surface area contributed by atoms with E-state index in [1.54, 1.807) is 23.5 Å². The summed E-state index contributed by atoms with van der Waals surface area (Å²) in [5.41, 5.74) is 1.52. The summed E-state index contributed by atoms with van der Waals surface area (Å²) in [6.07, 6.45) is 4.09. The van der Waals surface area contributed by atoms with Crippen LogP contribution in [-0.2, 0) is 9.59 Å². The van der Waals surface area contributed by atoms with Crippen LogP contribution < -0.4 is 10.6 Å². The van der Waals surface area contributed by atoms with Crippen molar-refractivity contribution in [2.24, 2.45) is 4.99 Å². The first-order valence-corrected chi connectivity index (χ1v) is 11.5. The first-order valence-electron chi connectivity index (χ1n) is 8.21. The van der Waals surface area contributed by atoms with Gasteiger partial charge in [-0.15, -0.1) is 23.5 Å². The van der Waals surface area contributed by atoms with Crippen LogP contribution in [0.2, 0.25) is 0 Å². The third-order valence-electron chi connectivity index (χ3n) is 3.78. The maximum atomic E-state index is 12.3. The van der Waals surface area contributed by atoms with Gasteiger partial charge in [0.1, 0.15) is 5.25 Å². The number of benzene rings is 2. The van der Waals surface area contributed by atoms with Crippen LogP contribution in [0, 0.1) is 0 Å². The molecule has 0 bridgehead atoms. The Kier molecular flexibility index (Phi) is 6.87. The highest BCUT2D eigenvalue weighted by Crippen LogP contribution is 2.27. The molecular weight excluding hydrogens is 398 g/mol. The summed E-state index contributed by atoms with van der Waals surface area (Å²) in [4.78, 5) is 31.2. The van der Waals surface area contributed by atoms with Crippen molar-refractivity contribution in [3.05, 3.63) is 48.5 Å². The van der Waals surface area contributed by atoms with Gasteiger partial charge in [-0.2, -0.15) is 0 Å². The highest BCUT2D eigenvalue weighted by Gasteiger charge is 2.32. The molecule has 2 aromatic rings. The Morgan fingerprint density at radius 3 is 2.59 bits per heavy atom. The quantitative estimate of drug-likeness (QED) is 0.683. The Labute approximate surface area is 171 Å². The SMILES string of the molecule is CSc1cccc(N=C2NC(=O)[C@H](CC(=O)Nc3cccc(SC)c3)S2)c1. The number of thioether (sulfide) groups is 3. The van der Waals surface area contributed by atoms with Gasteiger partial charge in [0.05, 0.1) is 5.69 Å². The zero-order valence-corrected chi connectivity index (χ0v) is 17.3. The summed E-state index contributed by atoms with van der Waals surface area (Å²) >= 11 is 4.54. The van der Waals surface area contributed by atoms with Crippen LogP contribution in [-0.4, -0.2) is 34.7 Å². The molecule has 2 aromatic carbocycles.